The van der Waals surface area contributed by atoms with Crippen molar-refractivity contribution in [3.8, 4) is 0 Å². The van der Waals surface area contributed by atoms with Gasteiger partial charge in [0.05, 0.1) is 0 Å². The molecule has 0 N–H and O–H groups in total. The predicted octanol–water partition coefficient (Wildman–Crippen LogP) is 15.0. The smallest absolute Gasteiger partial charge is 0.141 e. The van der Waals surface area contributed by atoms with Gasteiger partial charge in [0.1, 0.15) is 14.8 Å². The van der Waals surface area contributed by atoms with Gasteiger partial charge >= 0.3 is 0 Å². The molecule has 3 aliphatic heterocycles. The zero-order chi connectivity index (χ0) is 41.3. The molecule has 0 saturated carbocycles. The van der Waals surface area contributed by atoms with Crippen LogP contribution in [0, 0.1) is 32.5 Å². The average Bonchev–Trinajstić information content (AvgIpc) is 3.04. The lowest BCUT2D eigenvalue weighted by atomic mass is 9.81. The summed E-state index contributed by atoms with van der Waals surface area (Å²) in [5.74, 6) is 0. The van der Waals surface area contributed by atoms with E-state index in [2.05, 4.69) is 179 Å². The van der Waals surface area contributed by atoms with E-state index in [1.165, 1.54) is 48.1 Å². The van der Waals surface area contributed by atoms with Crippen LogP contribution in [0.4, 0.5) is 0 Å². The van der Waals surface area contributed by atoms with Gasteiger partial charge in [-0.15, -0.1) is 0 Å². The maximum absolute atomic E-state index is 6.54. The van der Waals surface area contributed by atoms with Crippen LogP contribution < -0.4 is 0 Å². The van der Waals surface area contributed by atoms with Crippen LogP contribution in [0.1, 0.15) is 141 Å². The molecule has 4 rings (SSSR count). The van der Waals surface area contributed by atoms with Crippen LogP contribution in [-0.2, 0) is 14.2 Å². The highest BCUT2D eigenvalue weighted by atomic mass is 32.2. The summed E-state index contributed by atoms with van der Waals surface area (Å²) < 4.78 is 19.6. The summed E-state index contributed by atoms with van der Waals surface area (Å²) in [7, 11) is 5.58. The fourth-order valence-electron chi connectivity index (χ4n) is 6.90. The Balaban J connectivity index is 2.21. The molecule has 3 heterocycles. The van der Waals surface area contributed by atoms with E-state index in [9.17, 15) is 0 Å². The Labute approximate surface area is 343 Å². The summed E-state index contributed by atoms with van der Waals surface area (Å²) in [6, 6.07) is 7.19. The van der Waals surface area contributed by atoms with Crippen LogP contribution >= 0.6 is 35.3 Å². The second-order valence-electron chi connectivity index (χ2n) is 21.5. The van der Waals surface area contributed by atoms with E-state index in [4.69, 9.17) is 14.2 Å². The molecule has 3 unspecified atom stereocenters. The molecule has 6 heteroatoms. The first-order chi connectivity index (χ1) is 24.3. The van der Waals surface area contributed by atoms with Crippen molar-refractivity contribution in [3.05, 3.63) is 86.1 Å². The van der Waals surface area contributed by atoms with Gasteiger partial charge in [0, 0.05) is 37.6 Å². The van der Waals surface area contributed by atoms with Crippen LogP contribution in [0.15, 0.2) is 69.4 Å². The lowest BCUT2D eigenvalue weighted by Gasteiger charge is -2.46. The molecular weight excluding hydrogens is 721 g/mol. The third-order valence-corrected chi connectivity index (χ3v) is 17.3. The van der Waals surface area contributed by atoms with Gasteiger partial charge in [-0.1, -0.05) is 160 Å². The lowest BCUT2D eigenvalue weighted by Crippen LogP contribution is -2.42. The summed E-state index contributed by atoms with van der Waals surface area (Å²) in [6.07, 6.45) is 14.3. The van der Waals surface area contributed by atoms with E-state index in [1.54, 1.807) is 0 Å². The van der Waals surface area contributed by atoms with E-state index in [1.807, 2.05) is 56.6 Å². The van der Waals surface area contributed by atoms with Crippen molar-refractivity contribution in [1.82, 2.24) is 0 Å². The van der Waals surface area contributed by atoms with Gasteiger partial charge in [0.2, 0.25) is 0 Å². The normalized spacial score (nSPS) is 26.4. The van der Waals surface area contributed by atoms with Crippen LogP contribution in [0.5, 0.6) is 0 Å². The van der Waals surface area contributed by atoms with Gasteiger partial charge in [0.15, 0.2) is 0 Å². The molecule has 54 heavy (non-hydrogen) atoms. The fourth-order valence-corrected chi connectivity index (χ4v) is 11.1. The fraction of sp³-hybridized carbons (Fsp3) is 0.625. The first kappa shape index (κ1) is 45.3. The second kappa shape index (κ2) is 14.8. The van der Waals surface area contributed by atoms with Crippen LogP contribution in [-0.4, -0.2) is 36.1 Å². The first-order valence-corrected chi connectivity index (χ1v) is 22.0. The number of benzene rings is 1. The van der Waals surface area contributed by atoms with Gasteiger partial charge < -0.3 is 14.2 Å². The number of rotatable bonds is 6. The molecule has 1 aromatic rings. The molecule has 300 valence electrons. The highest BCUT2D eigenvalue weighted by Crippen LogP contribution is 2.59. The molecule has 3 atom stereocenters. The Kier molecular flexibility index (Phi) is 12.4. The van der Waals surface area contributed by atoms with Gasteiger partial charge in [-0.25, -0.2) is 0 Å². The zero-order valence-electron chi connectivity index (χ0n) is 37.6. The largest absolute Gasteiger partial charge is 0.363 e. The molecule has 0 saturated heterocycles. The Morgan fingerprint density at radius 1 is 0.370 bits per heavy atom. The Hall–Kier alpha value is -1.41. The molecule has 1 aromatic carbocycles. The van der Waals surface area contributed by atoms with Gasteiger partial charge in [-0.05, 0) is 119 Å². The van der Waals surface area contributed by atoms with E-state index in [-0.39, 0.29) is 32.5 Å². The quantitative estimate of drug-likeness (QED) is 0.285. The Morgan fingerprint density at radius 2 is 0.574 bits per heavy atom. The van der Waals surface area contributed by atoms with E-state index < -0.39 is 14.8 Å². The maximum atomic E-state index is 6.54. The average molecular weight is 793 g/mol. The number of allylic oxidation sites excluding steroid dienone is 9. The number of ether oxygens (including phenoxy) is 3. The van der Waals surface area contributed by atoms with Crippen molar-refractivity contribution in [1.29, 1.82) is 0 Å². The van der Waals surface area contributed by atoms with Gasteiger partial charge in [-0.3, -0.25) is 0 Å². The molecule has 0 amide bonds. The summed E-state index contributed by atoms with van der Waals surface area (Å²) in [4.78, 5) is 2.28. The van der Waals surface area contributed by atoms with Crippen molar-refractivity contribution < 1.29 is 14.2 Å². The molecule has 0 radical (unpaired) electrons. The lowest BCUT2D eigenvalue weighted by molar-refractivity contribution is 0.0236. The van der Waals surface area contributed by atoms with Crippen molar-refractivity contribution in [3.63, 3.8) is 0 Å². The maximum Gasteiger partial charge on any atom is 0.141 e. The summed E-state index contributed by atoms with van der Waals surface area (Å²) >= 11 is 5.56. The molecule has 3 aliphatic rings. The minimum Gasteiger partial charge on any atom is -0.363 e. The molecule has 0 spiro atoms. The van der Waals surface area contributed by atoms with E-state index >= 15 is 0 Å². The topological polar surface area (TPSA) is 27.7 Å². The molecule has 3 nitrogen and oxygen atoms in total. The van der Waals surface area contributed by atoms with Crippen LogP contribution in [0.2, 0.25) is 0 Å². The van der Waals surface area contributed by atoms with Crippen molar-refractivity contribution in [2.45, 2.75) is 139 Å². The molecule has 0 aromatic heterocycles. The Bertz CT molecular complexity index is 1570. The van der Waals surface area contributed by atoms with Crippen molar-refractivity contribution in [2.75, 3.05) is 21.3 Å². The number of thioether (sulfide) groups is 3. The second-order valence-corrected chi connectivity index (χ2v) is 25.3. The number of hydrogen-bond donors (Lipinski definition) is 0. The third kappa shape index (κ3) is 8.85. The summed E-state index contributed by atoms with van der Waals surface area (Å²) in [6.45, 7) is 41.3. The SMILES string of the molecule is COC1(C(C)(C)C)C=C(c2cc(C3=CC(OC)(C(C)(C)C)SC(C(C)(C)C)=C3)cc(C3=CC(OC)(C(C)(C)C)SC(C(C)(C)C)=C3)c2)C=C(C(C)(C)C)S1. The van der Waals surface area contributed by atoms with Crippen LogP contribution in [0.3, 0.4) is 0 Å². The third-order valence-electron chi connectivity index (χ3n) is 10.9. The van der Waals surface area contributed by atoms with E-state index in [0.717, 1.165) is 0 Å². The highest BCUT2D eigenvalue weighted by molar-refractivity contribution is 8.05. The molecular formula is C48H72O3S3. The minimum atomic E-state index is -0.551. The van der Waals surface area contributed by atoms with Crippen LogP contribution in [0.25, 0.3) is 16.7 Å². The monoisotopic (exact) mass is 792 g/mol. The number of hydrogen-bond acceptors (Lipinski definition) is 6. The first-order valence-electron chi connectivity index (χ1n) is 19.5. The van der Waals surface area contributed by atoms with Crippen molar-refractivity contribution in [2.24, 2.45) is 32.5 Å². The summed E-state index contributed by atoms with van der Waals surface area (Å²) in [5.41, 5.74) is 6.36. The van der Waals surface area contributed by atoms with Gasteiger partial charge in [-0.2, -0.15) is 0 Å². The number of methoxy groups -OCH3 is 3. The molecule has 0 bridgehead atoms. The summed E-state index contributed by atoms with van der Waals surface area (Å²) in [5, 5.41) is 0. The minimum absolute atomic E-state index is 0.0594. The standard InChI is InChI=1S/C48H72O3S3/c1-40(2,3)37-25-34(28-46(49-19,52-37)43(10,11)12)31-22-32(35-26-38(41(4,5)6)53-47(29-35,50-20)44(13,14)15)24-33(23-31)36-27-39(42(7,8)9)54-48(30-36,51-21)45(16,17)18/h22-30H,1-21H3. The van der Waals surface area contributed by atoms with Crippen molar-refractivity contribution >= 4 is 52.0 Å². The molecule has 0 fully saturated rings. The zero-order valence-corrected chi connectivity index (χ0v) is 40.1. The predicted molar refractivity (Wildman–Crippen MR) is 243 cm³/mol. The highest BCUT2D eigenvalue weighted by Gasteiger charge is 2.48. The van der Waals surface area contributed by atoms with Gasteiger partial charge in [0.25, 0.3) is 0 Å². The molecule has 0 aliphatic carbocycles. The van der Waals surface area contributed by atoms with E-state index in [0.29, 0.717) is 0 Å². The Morgan fingerprint density at radius 3 is 0.722 bits per heavy atom.